The molecule has 0 aromatic heterocycles. The van der Waals surface area contributed by atoms with E-state index in [0.29, 0.717) is 12.1 Å². The number of nitrogens with zero attached hydrogens (tertiary/aromatic N) is 1. The third-order valence-corrected chi connectivity index (χ3v) is 4.01. The number of benzene rings is 1. The minimum absolute atomic E-state index is 0.145. The number of hydrogen-bond acceptors (Lipinski definition) is 2. The maximum absolute atomic E-state index is 6.50. The van der Waals surface area contributed by atoms with Gasteiger partial charge >= 0.3 is 0 Å². The van der Waals surface area contributed by atoms with Gasteiger partial charge in [0.1, 0.15) is 0 Å². The molecular weight excluding hydrogens is 256 g/mol. The zero-order chi connectivity index (χ0) is 14.2. The number of halogens is 1. The molecule has 3 heteroatoms. The largest absolute Gasteiger partial charge is 0.367 e. The Morgan fingerprint density at radius 2 is 1.74 bits per heavy atom. The van der Waals surface area contributed by atoms with Gasteiger partial charge in [-0.05, 0) is 37.0 Å². The number of piperazine rings is 1. The lowest BCUT2D eigenvalue weighted by Crippen LogP contribution is -2.54. The highest BCUT2D eigenvalue weighted by Crippen LogP contribution is 2.32. The van der Waals surface area contributed by atoms with Crippen molar-refractivity contribution in [3.8, 4) is 0 Å². The zero-order valence-corrected chi connectivity index (χ0v) is 13.4. The number of anilines is 1. The Hall–Kier alpha value is -0.730. The number of hydrogen-bond donors (Lipinski definition) is 1. The van der Waals surface area contributed by atoms with Crippen LogP contribution in [0.2, 0.25) is 5.02 Å². The highest BCUT2D eigenvalue weighted by Gasteiger charge is 2.23. The van der Waals surface area contributed by atoms with Crippen molar-refractivity contribution in [3.63, 3.8) is 0 Å². The lowest BCUT2D eigenvalue weighted by molar-refractivity contribution is 0.407. The quantitative estimate of drug-likeness (QED) is 0.841. The highest BCUT2D eigenvalue weighted by atomic mass is 35.5. The van der Waals surface area contributed by atoms with Crippen molar-refractivity contribution in [2.24, 2.45) is 0 Å². The second-order valence-corrected chi connectivity index (χ2v) is 7.20. The lowest BCUT2D eigenvalue weighted by atomic mass is 9.87. The Balaban J connectivity index is 2.26. The van der Waals surface area contributed by atoms with E-state index in [9.17, 15) is 0 Å². The van der Waals surface area contributed by atoms with Gasteiger partial charge in [-0.25, -0.2) is 0 Å². The first-order valence-corrected chi connectivity index (χ1v) is 7.46. The minimum atomic E-state index is 0.145. The molecule has 19 heavy (non-hydrogen) atoms. The molecule has 0 bridgehead atoms. The maximum Gasteiger partial charge on any atom is 0.0642 e. The molecule has 0 spiro atoms. The van der Waals surface area contributed by atoms with Crippen LogP contribution in [0.4, 0.5) is 5.69 Å². The third kappa shape index (κ3) is 3.43. The van der Waals surface area contributed by atoms with E-state index in [1.54, 1.807) is 0 Å². The molecule has 1 saturated heterocycles. The SMILES string of the molecule is C[C@@H]1CN(c2ccc(C(C)(C)C)cc2Cl)C[C@H](C)N1. The average molecular weight is 281 g/mol. The fourth-order valence-corrected chi connectivity index (χ4v) is 3.05. The summed E-state index contributed by atoms with van der Waals surface area (Å²) in [6, 6.07) is 7.50. The molecule has 1 aromatic carbocycles. The van der Waals surface area contributed by atoms with Gasteiger partial charge in [-0.15, -0.1) is 0 Å². The standard InChI is InChI=1S/C16H25ClN2/c1-11-9-19(10-12(2)18-11)15-7-6-13(8-14(15)17)16(3,4)5/h6-8,11-12,18H,9-10H2,1-5H3/t11-,12+. The maximum atomic E-state index is 6.50. The second-order valence-electron chi connectivity index (χ2n) is 6.79. The molecule has 1 aliphatic rings. The van der Waals surface area contributed by atoms with E-state index in [2.05, 4.69) is 63.0 Å². The van der Waals surface area contributed by atoms with Crippen LogP contribution in [0.25, 0.3) is 0 Å². The van der Waals surface area contributed by atoms with Crippen molar-refractivity contribution in [1.82, 2.24) is 5.32 Å². The predicted octanol–water partition coefficient (Wildman–Crippen LogP) is 3.82. The van der Waals surface area contributed by atoms with Gasteiger partial charge in [0.25, 0.3) is 0 Å². The Morgan fingerprint density at radius 3 is 2.21 bits per heavy atom. The van der Waals surface area contributed by atoms with Gasteiger partial charge < -0.3 is 10.2 Å². The molecule has 0 aliphatic carbocycles. The summed E-state index contributed by atoms with van der Waals surface area (Å²) < 4.78 is 0. The van der Waals surface area contributed by atoms with Crippen LogP contribution in [-0.4, -0.2) is 25.2 Å². The first-order chi connectivity index (χ1) is 8.77. The van der Waals surface area contributed by atoms with Gasteiger partial charge in [-0.1, -0.05) is 38.4 Å². The van der Waals surface area contributed by atoms with Crippen LogP contribution in [0.5, 0.6) is 0 Å². The molecule has 2 rings (SSSR count). The Morgan fingerprint density at radius 1 is 1.16 bits per heavy atom. The van der Waals surface area contributed by atoms with Crippen LogP contribution < -0.4 is 10.2 Å². The Kier molecular flexibility index (Phi) is 4.12. The zero-order valence-electron chi connectivity index (χ0n) is 12.6. The average Bonchev–Trinajstić information content (AvgIpc) is 2.26. The van der Waals surface area contributed by atoms with Crippen molar-refractivity contribution < 1.29 is 0 Å². The summed E-state index contributed by atoms with van der Waals surface area (Å²) in [7, 11) is 0. The van der Waals surface area contributed by atoms with Gasteiger partial charge in [0.2, 0.25) is 0 Å². The van der Waals surface area contributed by atoms with Crippen LogP contribution in [0.15, 0.2) is 18.2 Å². The molecular formula is C16H25ClN2. The highest BCUT2D eigenvalue weighted by molar-refractivity contribution is 6.33. The predicted molar refractivity (Wildman–Crippen MR) is 84.4 cm³/mol. The molecule has 2 nitrogen and oxygen atoms in total. The van der Waals surface area contributed by atoms with Crippen LogP contribution in [0.3, 0.4) is 0 Å². The fraction of sp³-hybridized carbons (Fsp3) is 0.625. The van der Waals surface area contributed by atoms with Crippen molar-refractivity contribution in [1.29, 1.82) is 0 Å². The summed E-state index contributed by atoms with van der Waals surface area (Å²) in [4.78, 5) is 2.39. The normalized spacial score (nSPS) is 24.6. The first kappa shape index (κ1) is 14.7. The molecule has 1 aliphatic heterocycles. The molecule has 106 valence electrons. The minimum Gasteiger partial charge on any atom is -0.367 e. The topological polar surface area (TPSA) is 15.3 Å². The van der Waals surface area contributed by atoms with E-state index < -0.39 is 0 Å². The van der Waals surface area contributed by atoms with Gasteiger partial charge in [0, 0.05) is 25.2 Å². The van der Waals surface area contributed by atoms with Crippen molar-refractivity contribution >= 4 is 17.3 Å². The van der Waals surface area contributed by atoms with Crippen molar-refractivity contribution in [2.75, 3.05) is 18.0 Å². The van der Waals surface area contributed by atoms with Gasteiger partial charge in [0.15, 0.2) is 0 Å². The van der Waals surface area contributed by atoms with E-state index in [-0.39, 0.29) is 5.41 Å². The molecule has 1 fully saturated rings. The van der Waals surface area contributed by atoms with Crippen molar-refractivity contribution in [3.05, 3.63) is 28.8 Å². The van der Waals surface area contributed by atoms with Gasteiger partial charge in [0.05, 0.1) is 10.7 Å². The summed E-state index contributed by atoms with van der Waals surface area (Å²) in [6.07, 6.45) is 0. The summed E-state index contributed by atoms with van der Waals surface area (Å²) in [5.74, 6) is 0. The number of rotatable bonds is 1. The van der Waals surface area contributed by atoms with Gasteiger partial charge in [-0.2, -0.15) is 0 Å². The van der Waals surface area contributed by atoms with E-state index in [1.807, 2.05) is 0 Å². The first-order valence-electron chi connectivity index (χ1n) is 7.08. The Labute approximate surface area is 122 Å². The van der Waals surface area contributed by atoms with E-state index >= 15 is 0 Å². The van der Waals surface area contributed by atoms with Crippen molar-refractivity contribution in [2.45, 2.75) is 52.1 Å². The number of nitrogens with one attached hydrogen (secondary N) is 1. The second kappa shape index (κ2) is 5.34. The monoisotopic (exact) mass is 280 g/mol. The van der Waals surface area contributed by atoms with Gasteiger partial charge in [-0.3, -0.25) is 0 Å². The van der Waals surface area contributed by atoms with Crippen LogP contribution in [0.1, 0.15) is 40.2 Å². The van der Waals surface area contributed by atoms with Crippen LogP contribution >= 0.6 is 11.6 Å². The van der Waals surface area contributed by atoms with E-state index in [0.717, 1.165) is 23.8 Å². The van der Waals surface area contributed by atoms with Crippen LogP contribution in [0, 0.1) is 0 Å². The summed E-state index contributed by atoms with van der Waals surface area (Å²) >= 11 is 6.50. The molecule has 1 heterocycles. The lowest BCUT2D eigenvalue weighted by Gasteiger charge is -2.38. The fourth-order valence-electron chi connectivity index (χ4n) is 2.75. The molecule has 1 N–H and O–H groups in total. The summed E-state index contributed by atoms with van der Waals surface area (Å²) in [5, 5.41) is 4.42. The molecule has 2 atom stereocenters. The molecule has 0 saturated carbocycles. The molecule has 0 unspecified atom stereocenters. The summed E-state index contributed by atoms with van der Waals surface area (Å²) in [5.41, 5.74) is 2.60. The molecule has 0 radical (unpaired) electrons. The third-order valence-electron chi connectivity index (χ3n) is 3.71. The Bertz CT molecular complexity index is 441. The molecule has 0 amide bonds. The summed E-state index contributed by atoms with van der Waals surface area (Å²) in [6.45, 7) is 13.1. The molecule has 1 aromatic rings. The van der Waals surface area contributed by atoms with E-state index in [1.165, 1.54) is 5.56 Å². The smallest absolute Gasteiger partial charge is 0.0642 e. The van der Waals surface area contributed by atoms with Crippen LogP contribution in [-0.2, 0) is 5.41 Å². The van der Waals surface area contributed by atoms with E-state index in [4.69, 9.17) is 11.6 Å².